The maximum atomic E-state index is 13.1. The molecule has 9 heteroatoms. The van der Waals surface area contributed by atoms with E-state index >= 15 is 0 Å². The summed E-state index contributed by atoms with van der Waals surface area (Å²) in [5.41, 5.74) is 3.75. The lowest BCUT2D eigenvalue weighted by atomic mass is 10.2. The standard InChI is InChI=1S/C22H14ClFN6O/c23-20-28-21(30-22(29-20)26-16-11-7-14(24)8-12-16)25-15-9-5-13(6-10-15)19-27-17-3-1-2-4-18(17)31-19/h1-12H,(H2,25,26,28,29,30). The fourth-order valence-corrected chi connectivity index (χ4v) is 3.11. The summed E-state index contributed by atoms with van der Waals surface area (Å²) in [6, 6.07) is 20.9. The zero-order valence-corrected chi connectivity index (χ0v) is 16.6. The van der Waals surface area contributed by atoms with Crippen LogP contribution in [0.2, 0.25) is 5.28 Å². The van der Waals surface area contributed by atoms with Crippen molar-refractivity contribution in [2.24, 2.45) is 0 Å². The number of hydrogen-bond donors (Lipinski definition) is 2. The minimum Gasteiger partial charge on any atom is -0.436 e. The molecule has 31 heavy (non-hydrogen) atoms. The van der Waals surface area contributed by atoms with Crippen molar-refractivity contribution >= 4 is 46.0 Å². The molecule has 3 aromatic carbocycles. The average Bonchev–Trinajstić information content (AvgIpc) is 3.20. The summed E-state index contributed by atoms with van der Waals surface area (Å²) >= 11 is 6.03. The number of para-hydroxylation sites is 2. The fraction of sp³-hybridized carbons (Fsp3) is 0. The highest BCUT2D eigenvalue weighted by Crippen LogP contribution is 2.26. The molecule has 5 rings (SSSR count). The molecule has 0 aliphatic carbocycles. The lowest BCUT2D eigenvalue weighted by Gasteiger charge is -2.09. The van der Waals surface area contributed by atoms with Crippen molar-refractivity contribution in [3.8, 4) is 11.5 Å². The van der Waals surface area contributed by atoms with Crippen molar-refractivity contribution in [2.75, 3.05) is 10.6 Å². The highest BCUT2D eigenvalue weighted by atomic mass is 35.5. The Morgan fingerprint density at radius 1 is 0.710 bits per heavy atom. The third kappa shape index (κ3) is 4.29. The number of halogens is 2. The fourth-order valence-electron chi connectivity index (χ4n) is 2.95. The quantitative estimate of drug-likeness (QED) is 0.354. The van der Waals surface area contributed by atoms with Crippen LogP contribution in [0.25, 0.3) is 22.6 Å². The Kier molecular flexibility index (Phi) is 4.89. The molecule has 0 amide bonds. The second-order valence-electron chi connectivity index (χ2n) is 6.57. The molecule has 7 nitrogen and oxygen atoms in total. The molecule has 2 N–H and O–H groups in total. The number of hydrogen-bond acceptors (Lipinski definition) is 7. The third-order valence-corrected chi connectivity index (χ3v) is 4.56. The molecule has 0 aliphatic heterocycles. The first-order chi connectivity index (χ1) is 15.1. The molecule has 0 saturated heterocycles. The van der Waals surface area contributed by atoms with E-state index in [1.807, 2.05) is 48.5 Å². The molecular weight excluding hydrogens is 419 g/mol. The summed E-state index contributed by atoms with van der Waals surface area (Å²) in [5.74, 6) is 0.709. The largest absolute Gasteiger partial charge is 0.436 e. The Balaban J connectivity index is 1.34. The van der Waals surface area contributed by atoms with E-state index in [1.165, 1.54) is 12.1 Å². The second-order valence-corrected chi connectivity index (χ2v) is 6.91. The number of anilines is 4. The molecule has 0 unspecified atom stereocenters. The van der Waals surface area contributed by atoms with Crippen molar-refractivity contribution in [1.29, 1.82) is 0 Å². The minimum absolute atomic E-state index is 0.0187. The number of fused-ring (bicyclic) bond motifs is 1. The summed E-state index contributed by atoms with van der Waals surface area (Å²) in [6.07, 6.45) is 0. The number of oxazole rings is 1. The molecule has 0 atom stereocenters. The smallest absolute Gasteiger partial charge is 0.233 e. The van der Waals surface area contributed by atoms with Gasteiger partial charge in [-0.2, -0.15) is 15.0 Å². The van der Waals surface area contributed by atoms with Gasteiger partial charge in [0.25, 0.3) is 0 Å². The van der Waals surface area contributed by atoms with Gasteiger partial charge in [0.2, 0.25) is 23.1 Å². The first-order valence-electron chi connectivity index (χ1n) is 9.30. The molecule has 0 bridgehead atoms. The Morgan fingerprint density at radius 2 is 1.32 bits per heavy atom. The van der Waals surface area contributed by atoms with Gasteiger partial charge in [0.1, 0.15) is 11.3 Å². The Morgan fingerprint density at radius 3 is 1.97 bits per heavy atom. The van der Waals surface area contributed by atoms with E-state index in [4.69, 9.17) is 16.0 Å². The van der Waals surface area contributed by atoms with Gasteiger partial charge < -0.3 is 15.1 Å². The molecule has 0 fully saturated rings. The monoisotopic (exact) mass is 432 g/mol. The van der Waals surface area contributed by atoms with Gasteiger partial charge in [-0.1, -0.05) is 12.1 Å². The predicted molar refractivity (Wildman–Crippen MR) is 117 cm³/mol. The van der Waals surface area contributed by atoms with E-state index in [1.54, 1.807) is 12.1 Å². The zero-order valence-electron chi connectivity index (χ0n) is 15.9. The van der Waals surface area contributed by atoms with E-state index in [9.17, 15) is 4.39 Å². The first kappa shape index (κ1) is 19.0. The van der Waals surface area contributed by atoms with Crippen LogP contribution in [0.15, 0.2) is 77.2 Å². The van der Waals surface area contributed by atoms with Crippen LogP contribution >= 0.6 is 11.6 Å². The topological polar surface area (TPSA) is 88.8 Å². The average molecular weight is 433 g/mol. The van der Waals surface area contributed by atoms with Gasteiger partial charge in [0.05, 0.1) is 0 Å². The SMILES string of the molecule is Fc1ccc(Nc2nc(Cl)nc(Nc3ccc(-c4nc5ccccc5o4)cc3)n2)cc1. The maximum Gasteiger partial charge on any atom is 0.233 e. The Hall–Kier alpha value is -4.04. The number of rotatable bonds is 5. The van der Waals surface area contributed by atoms with Crippen LogP contribution in [0.4, 0.5) is 27.7 Å². The first-order valence-corrected chi connectivity index (χ1v) is 9.67. The van der Waals surface area contributed by atoms with Crippen molar-refractivity contribution in [2.45, 2.75) is 0 Å². The molecule has 0 spiro atoms. The van der Waals surface area contributed by atoms with Crippen LogP contribution in [0.3, 0.4) is 0 Å². The van der Waals surface area contributed by atoms with Gasteiger partial charge >= 0.3 is 0 Å². The lowest BCUT2D eigenvalue weighted by Crippen LogP contribution is -2.04. The van der Waals surface area contributed by atoms with Gasteiger partial charge in [0.15, 0.2) is 5.58 Å². The van der Waals surface area contributed by atoms with Gasteiger partial charge in [0, 0.05) is 16.9 Å². The summed E-state index contributed by atoms with van der Waals surface area (Å²) < 4.78 is 18.9. The number of nitrogens with one attached hydrogen (secondary N) is 2. The molecule has 2 heterocycles. The lowest BCUT2D eigenvalue weighted by molar-refractivity contribution is 0.620. The van der Waals surface area contributed by atoms with Crippen molar-refractivity contribution < 1.29 is 8.81 Å². The molecule has 0 aliphatic rings. The van der Waals surface area contributed by atoms with Crippen LogP contribution in [-0.2, 0) is 0 Å². The van der Waals surface area contributed by atoms with Crippen LogP contribution in [0, 0.1) is 5.82 Å². The van der Waals surface area contributed by atoms with E-state index in [2.05, 4.69) is 30.6 Å². The van der Waals surface area contributed by atoms with Gasteiger partial charge in [-0.3, -0.25) is 0 Å². The van der Waals surface area contributed by atoms with E-state index in [0.717, 1.165) is 22.4 Å². The summed E-state index contributed by atoms with van der Waals surface area (Å²) in [7, 11) is 0. The number of benzene rings is 3. The third-order valence-electron chi connectivity index (χ3n) is 4.39. The minimum atomic E-state index is -0.331. The highest BCUT2D eigenvalue weighted by Gasteiger charge is 2.09. The number of nitrogens with zero attached hydrogens (tertiary/aromatic N) is 4. The molecule has 0 saturated carbocycles. The van der Waals surface area contributed by atoms with Crippen molar-refractivity contribution in [1.82, 2.24) is 19.9 Å². The molecule has 0 radical (unpaired) electrons. The predicted octanol–water partition coefficient (Wildman–Crippen LogP) is 5.96. The normalized spacial score (nSPS) is 10.9. The Labute approximate surface area is 181 Å². The van der Waals surface area contributed by atoms with E-state index < -0.39 is 0 Å². The van der Waals surface area contributed by atoms with Crippen molar-refractivity contribution in [3.63, 3.8) is 0 Å². The van der Waals surface area contributed by atoms with Crippen LogP contribution in [0.5, 0.6) is 0 Å². The van der Waals surface area contributed by atoms with Gasteiger partial charge in [-0.25, -0.2) is 9.37 Å². The Bertz CT molecular complexity index is 1320. The maximum absolute atomic E-state index is 13.1. The van der Waals surface area contributed by atoms with Gasteiger partial charge in [-0.05, 0) is 72.3 Å². The molecule has 152 valence electrons. The van der Waals surface area contributed by atoms with E-state index in [-0.39, 0.29) is 23.0 Å². The van der Waals surface area contributed by atoms with Crippen molar-refractivity contribution in [3.05, 3.63) is 83.9 Å². The summed E-state index contributed by atoms with van der Waals surface area (Å²) in [4.78, 5) is 16.9. The highest BCUT2D eigenvalue weighted by molar-refractivity contribution is 6.28. The number of aromatic nitrogens is 4. The summed E-state index contributed by atoms with van der Waals surface area (Å²) in [5, 5.41) is 6.07. The zero-order chi connectivity index (χ0) is 21.2. The van der Waals surface area contributed by atoms with E-state index in [0.29, 0.717) is 11.6 Å². The van der Waals surface area contributed by atoms with Crippen LogP contribution in [0.1, 0.15) is 0 Å². The second kappa shape index (κ2) is 8.00. The molecule has 2 aromatic heterocycles. The summed E-state index contributed by atoms with van der Waals surface area (Å²) in [6.45, 7) is 0. The van der Waals surface area contributed by atoms with Crippen LogP contribution < -0.4 is 10.6 Å². The van der Waals surface area contributed by atoms with Gasteiger partial charge in [-0.15, -0.1) is 0 Å². The molecular formula is C22H14ClFN6O. The van der Waals surface area contributed by atoms with Crippen LogP contribution in [-0.4, -0.2) is 19.9 Å². The molecule has 5 aromatic rings.